The first-order valence-electron chi connectivity index (χ1n) is 3.28. The zero-order valence-electron chi connectivity index (χ0n) is 5.50. The van der Waals surface area contributed by atoms with Gasteiger partial charge in [-0.3, -0.25) is 0 Å². The van der Waals surface area contributed by atoms with Gasteiger partial charge in [0.05, 0.1) is 5.69 Å². The van der Waals surface area contributed by atoms with Crippen LogP contribution in [-0.2, 0) is 0 Å². The molecule has 0 fully saturated rings. The number of pyridine rings is 1. The molecule has 0 unspecified atom stereocenters. The average molecular weight is 152 g/mol. The number of rotatable bonds is 0. The molecule has 2 heterocycles. The zero-order chi connectivity index (χ0) is 6.81. The van der Waals surface area contributed by atoms with Crippen LogP contribution in [0.15, 0.2) is 23.4 Å². The fraction of sp³-hybridized carbons (Fsp3) is 0.286. The third-order valence-electron chi connectivity index (χ3n) is 1.43. The SMILES string of the molecule is c1cnc2c(c1)NCCS2. The largest absolute Gasteiger partial charge is 0.382 e. The minimum atomic E-state index is 1.06. The van der Waals surface area contributed by atoms with E-state index >= 15 is 0 Å². The van der Waals surface area contributed by atoms with Gasteiger partial charge in [0.1, 0.15) is 5.03 Å². The highest BCUT2D eigenvalue weighted by molar-refractivity contribution is 7.99. The summed E-state index contributed by atoms with van der Waals surface area (Å²) in [4.78, 5) is 4.22. The quantitative estimate of drug-likeness (QED) is 0.611. The van der Waals surface area contributed by atoms with Gasteiger partial charge in [0.15, 0.2) is 0 Å². The van der Waals surface area contributed by atoms with Crippen molar-refractivity contribution in [1.29, 1.82) is 0 Å². The van der Waals surface area contributed by atoms with Gasteiger partial charge in [0.25, 0.3) is 0 Å². The number of thioether (sulfide) groups is 1. The van der Waals surface area contributed by atoms with E-state index in [1.54, 1.807) is 0 Å². The van der Waals surface area contributed by atoms with Crippen molar-refractivity contribution >= 4 is 17.4 Å². The van der Waals surface area contributed by atoms with E-state index in [0.29, 0.717) is 0 Å². The van der Waals surface area contributed by atoms with Gasteiger partial charge in [0, 0.05) is 18.5 Å². The van der Waals surface area contributed by atoms with E-state index in [2.05, 4.69) is 16.4 Å². The Hall–Kier alpha value is -0.700. The fourth-order valence-electron chi connectivity index (χ4n) is 0.974. The summed E-state index contributed by atoms with van der Waals surface area (Å²) >= 11 is 1.82. The molecule has 2 rings (SSSR count). The smallest absolute Gasteiger partial charge is 0.119 e. The molecule has 1 aromatic heterocycles. The first kappa shape index (κ1) is 6.04. The second-order valence-electron chi connectivity index (χ2n) is 2.13. The molecular weight excluding hydrogens is 144 g/mol. The Labute approximate surface area is 64.0 Å². The highest BCUT2D eigenvalue weighted by Gasteiger charge is 2.07. The summed E-state index contributed by atoms with van der Waals surface area (Å²) in [5, 5.41) is 4.41. The van der Waals surface area contributed by atoms with Crippen LogP contribution >= 0.6 is 11.8 Å². The fourth-order valence-corrected chi connectivity index (χ4v) is 1.80. The standard InChI is InChI=1S/C7H8N2S/c1-2-6-7(9-3-1)10-5-4-8-6/h1-3,8H,4-5H2. The summed E-state index contributed by atoms with van der Waals surface area (Å²) in [5.41, 5.74) is 1.18. The molecule has 3 heteroatoms. The second kappa shape index (κ2) is 2.50. The number of hydrogen-bond donors (Lipinski definition) is 1. The summed E-state index contributed by atoms with van der Waals surface area (Å²) in [6, 6.07) is 4.02. The molecule has 1 aliphatic heterocycles. The van der Waals surface area contributed by atoms with Crippen LogP contribution in [0.1, 0.15) is 0 Å². The van der Waals surface area contributed by atoms with Gasteiger partial charge in [-0.1, -0.05) is 0 Å². The van der Waals surface area contributed by atoms with Gasteiger partial charge in [0.2, 0.25) is 0 Å². The Morgan fingerprint density at radius 3 is 3.50 bits per heavy atom. The molecule has 52 valence electrons. The van der Waals surface area contributed by atoms with E-state index in [-0.39, 0.29) is 0 Å². The van der Waals surface area contributed by atoms with Crippen molar-refractivity contribution in [3.05, 3.63) is 18.3 Å². The van der Waals surface area contributed by atoms with Crippen molar-refractivity contribution in [3.8, 4) is 0 Å². The van der Waals surface area contributed by atoms with Crippen LogP contribution in [0.5, 0.6) is 0 Å². The lowest BCUT2D eigenvalue weighted by molar-refractivity contribution is 1.07. The molecule has 0 aliphatic carbocycles. The van der Waals surface area contributed by atoms with Crippen LogP contribution in [0.4, 0.5) is 5.69 Å². The molecule has 0 saturated carbocycles. The van der Waals surface area contributed by atoms with E-state index < -0.39 is 0 Å². The van der Waals surface area contributed by atoms with Crippen LogP contribution in [0.25, 0.3) is 0 Å². The van der Waals surface area contributed by atoms with Gasteiger partial charge < -0.3 is 5.32 Å². The highest BCUT2D eigenvalue weighted by Crippen LogP contribution is 2.27. The van der Waals surface area contributed by atoms with Crippen molar-refractivity contribution < 1.29 is 0 Å². The van der Waals surface area contributed by atoms with Gasteiger partial charge in [-0.05, 0) is 12.1 Å². The molecular formula is C7H8N2S. The molecule has 1 aliphatic rings. The van der Waals surface area contributed by atoms with Crippen LogP contribution < -0.4 is 5.32 Å². The topological polar surface area (TPSA) is 24.9 Å². The van der Waals surface area contributed by atoms with Gasteiger partial charge in [-0.15, -0.1) is 11.8 Å². The Bertz CT molecular complexity index is 212. The zero-order valence-corrected chi connectivity index (χ0v) is 6.32. The summed E-state index contributed by atoms with van der Waals surface area (Å²) < 4.78 is 0. The van der Waals surface area contributed by atoms with E-state index in [1.165, 1.54) is 5.69 Å². The number of nitrogens with zero attached hydrogens (tertiary/aromatic N) is 1. The van der Waals surface area contributed by atoms with Crippen molar-refractivity contribution in [2.45, 2.75) is 5.03 Å². The van der Waals surface area contributed by atoms with Gasteiger partial charge >= 0.3 is 0 Å². The predicted molar refractivity (Wildman–Crippen MR) is 43.5 cm³/mol. The molecule has 0 aromatic carbocycles. The molecule has 0 atom stereocenters. The van der Waals surface area contributed by atoms with Gasteiger partial charge in [-0.25, -0.2) is 4.98 Å². The minimum Gasteiger partial charge on any atom is -0.382 e. The summed E-state index contributed by atoms with van der Waals surface area (Å²) in [7, 11) is 0. The maximum Gasteiger partial charge on any atom is 0.119 e. The Balaban J connectivity index is 2.41. The monoisotopic (exact) mass is 152 g/mol. The third-order valence-corrected chi connectivity index (χ3v) is 2.43. The van der Waals surface area contributed by atoms with Gasteiger partial charge in [-0.2, -0.15) is 0 Å². The van der Waals surface area contributed by atoms with E-state index in [4.69, 9.17) is 0 Å². The van der Waals surface area contributed by atoms with E-state index in [9.17, 15) is 0 Å². The molecule has 0 radical (unpaired) electrons. The molecule has 1 aromatic rings. The minimum absolute atomic E-state index is 1.06. The lowest BCUT2D eigenvalue weighted by Crippen LogP contribution is -2.10. The lowest BCUT2D eigenvalue weighted by Gasteiger charge is -2.14. The summed E-state index contributed by atoms with van der Waals surface area (Å²) in [5.74, 6) is 1.13. The summed E-state index contributed by atoms with van der Waals surface area (Å²) in [6.07, 6.45) is 1.83. The average Bonchev–Trinajstić information content (AvgIpc) is 2.05. The van der Waals surface area contributed by atoms with Crippen LogP contribution in [0.3, 0.4) is 0 Å². The number of anilines is 1. The molecule has 10 heavy (non-hydrogen) atoms. The van der Waals surface area contributed by atoms with Crippen LogP contribution in [0.2, 0.25) is 0 Å². The molecule has 0 amide bonds. The van der Waals surface area contributed by atoms with Crippen LogP contribution in [0, 0.1) is 0 Å². The first-order valence-corrected chi connectivity index (χ1v) is 4.27. The Morgan fingerprint density at radius 2 is 2.60 bits per heavy atom. The lowest BCUT2D eigenvalue weighted by atomic mass is 10.4. The first-order chi connectivity index (χ1) is 4.97. The van der Waals surface area contributed by atoms with Crippen molar-refractivity contribution in [2.75, 3.05) is 17.6 Å². The Kier molecular flexibility index (Phi) is 1.51. The molecule has 0 saturated heterocycles. The van der Waals surface area contributed by atoms with Crippen molar-refractivity contribution in [2.24, 2.45) is 0 Å². The maximum atomic E-state index is 4.22. The van der Waals surface area contributed by atoms with Crippen molar-refractivity contribution in [3.63, 3.8) is 0 Å². The number of hydrogen-bond acceptors (Lipinski definition) is 3. The Morgan fingerprint density at radius 1 is 1.60 bits per heavy atom. The third kappa shape index (κ3) is 0.968. The van der Waals surface area contributed by atoms with E-state index in [1.807, 2.05) is 24.0 Å². The molecule has 0 spiro atoms. The van der Waals surface area contributed by atoms with Crippen molar-refractivity contribution in [1.82, 2.24) is 4.98 Å². The number of fused-ring (bicyclic) bond motifs is 1. The highest BCUT2D eigenvalue weighted by atomic mass is 32.2. The number of aromatic nitrogens is 1. The van der Waals surface area contributed by atoms with Crippen LogP contribution in [-0.4, -0.2) is 17.3 Å². The normalized spacial score (nSPS) is 15.6. The number of nitrogens with one attached hydrogen (secondary N) is 1. The van der Waals surface area contributed by atoms with E-state index in [0.717, 1.165) is 17.3 Å². The molecule has 0 bridgehead atoms. The molecule has 1 N–H and O–H groups in total. The maximum absolute atomic E-state index is 4.22. The summed E-state index contributed by atoms with van der Waals surface area (Å²) in [6.45, 7) is 1.06. The second-order valence-corrected chi connectivity index (χ2v) is 3.21. The predicted octanol–water partition coefficient (Wildman–Crippen LogP) is 1.60. The molecule has 2 nitrogen and oxygen atoms in total.